The number of methoxy groups -OCH3 is 1. The summed E-state index contributed by atoms with van der Waals surface area (Å²) in [5.74, 6) is 0. The Morgan fingerprint density at radius 3 is 2.52 bits per heavy atom. The molecule has 122 valence electrons. The largest absolute Gasteiger partial charge is 0.383 e. The third-order valence-corrected chi connectivity index (χ3v) is 4.80. The van der Waals surface area contributed by atoms with Crippen LogP contribution in [0.15, 0.2) is 6.20 Å². The maximum Gasteiger partial charge on any atom is 0.0834 e. The topological polar surface area (TPSA) is 56.3 Å². The molecule has 1 aromatic rings. The lowest BCUT2D eigenvalue weighted by Crippen LogP contribution is -2.53. The quantitative estimate of drug-likeness (QED) is 0.761. The van der Waals surface area contributed by atoms with Crippen molar-refractivity contribution in [3.63, 3.8) is 0 Å². The number of rotatable bonds is 9. The number of nitrogens with two attached hydrogens (primary N) is 1. The Kier molecular flexibility index (Phi) is 7.13. The van der Waals surface area contributed by atoms with E-state index in [-0.39, 0.29) is 11.6 Å². The molecule has 1 aromatic heterocycles. The van der Waals surface area contributed by atoms with Gasteiger partial charge in [0.1, 0.15) is 0 Å². The molecule has 0 aliphatic heterocycles. The molecule has 0 amide bonds. The van der Waals surface area contributed by atoms with E-state index in [4.69, 9.17) is 22.1 Å². The molecule has 1 heterocycles. The highest BCUT2D eigenvalue weighted by Crippen LogP contribution is 2.35. The summed E-state index contributed by atoms with van der Waals surface area (Å²) in [6.07, 6.45) is 2.62. The van der Waals surface area contributed by atoms with Gasteiger partial charge >= 0.3 is 0 Å². The molecule has 21 heavy (non-hydrogen) atoms. The summed E-state index contributed by atoms with van der Waals surface area (Å²) in [7, 11) is 1.68. The highest BCUT2D eigenvalue weighted by molar-refractivity contribution is 6.31. The molecule has 0 radical (unpaired) electrons. The second-order valence-corrected chi connectivity index (χ2v) is 5.86. The van der Waals surface area contributed by atoms with E-state index in [1.165, 1.54) is 0 Å². The molecule has 5 nitrogen and oxygen atoms in total. The fourth-order valence-electron chi connectivity index (χ4n) is 2.92. The summed E-state index contributed by atoms with van der Waals surface area (Å²) in [5, 5.41) is 4.97. The standard InChI is InChI=1S/C15H29ClN4O/c1-6-15(4,19(7-2)8-3)14(17)13-12(16)11-18-20(13)9-10-21-5/h11,14H,6-10,17H2,1-5H3. The van der Waals surface area contributed by atoms with Crippen LogP contribution in [0.25, 0.3) is 0 Å². The molecular formula is C15H29ClN4O. The molecule has 0 fully saturated rings. The van der Waals surface area contributed by atoms with Crippen LogP contribution in [-0.2, 0) is 11.3 Å². The normalized spacial score (nSPS) is 16.2. The Morgan fingerprint density at radius 2 is 2.05 bits per heavy atom. The van der Waals surface area contributed by atoms with Crippen molar-refractivity contribution in [2.24, 2.45) is 5.73 Å². The van der Waals surface area contributed by atoms with Gasteiger partial charge in [0.2, 0.25) is 0 Å². The summed E-state index contributed by atoms with van der Waals surface area (Å²) in [6, 6.07) is -0.200. The minimum absolute atomic E-state index is 0.155. The maximum atomic E-state index is 6.63. The van der Waals surface area contributed by atoms with Crippen LogP contribution in [-0.4, -0.2) is 47.0 Å². The minimum Gasteiger partial charge on any atom is -0.383 e. The van der Waals surface area contributed by atoms with E-state index in [0.29, 0.717) is 18.2 Å². The molecule has 0 spiro atoms. The zero-order chi connectivity index (χ0) is 16.0. The van der Waals surface area contributed by atoms with Gasteiger partial charge in [0, 0.05) is 12.6 Å². The molecule has 0 aromatic carbocycles. The monoisotopic (exact) mass is 316 g/mol. The fraction of sp³-hybridized carbons (Fsp3) is 0.800. The Hall–Kier alpha value is -0.620. The van der Waals surface area contributed by atoms with E-state index in [0.717, 1.165) is 25.2 Å². The molecule has 0 saturated heterocycles. The van der Waals surface area contributed by atoms with Crippen LogP contribution in [0.1, 0.15) is 45.9 Å². The van der Waals surface area contributed by atoms with Crippen LogP contribution in [0, 0.1) is 0 Å². The first kappa shape index (κ1) is 18.4. The number of aromatic nitrogens is 2. The van der Waals surface area contributed by atoms with E-state index in [1.807, 2.05) is 4.68 Å². The summed E-state index contributed by atoms with van der Waals surface area (Å²) < 4.78 is 7.01. The van der Waals surface area contributed by atoms with Crippen LogP contribution >= 0.6 is 11.6 Å². The summed E-state index contributed by atoms with van der Waals surface area (Å²) in [4.78, 5) is 2.39. The predicted octanol–water partition coefficient (Wildman–Crippen LogP) is 2.69. The molecule has 0 aliphatic rings. The van der Waals surface area contributed by atoms with Crippen LogP contribution in [0.5, 0.6) is 0 Å². The number of likely N-dealkylation sites (N-methyl/N-ethyl adjacent to an activating group) is 1. The van der Waals surface area contributed by atoms with Gasteiger partial charge in [-0.05, 0) is 26.4 Å². The zero-order valence-corrected chi connectivity index (χ0v) is 14.7. The van der Waals surface area contributed by atoms with Crippen molar-refractivity contribution in [3.05, 3.63) is 16.9 Å². The maximum absolute atomic E-state index is 6.63. The van der Waals surface area contributed by atoms with Crippen LogP contribution in [0.2, 0.25) is 5.02 Å². The molecule has 0 saturated carbocycles. The SMILES string of the molecule is CCN(CC)C(C)(CC)C(N)c1c(Cl)cnn1CCOC. The summed E-state index contributed by atoms with van der Waals surface area (Å²) in [6.45, 7) is 11.9. The molecule has 1 rings (SSSR count). The van der Waals surface area contributed by atoms with E-state index in [1.54, 1.807) is 13.3 Å². The van der Waals surface area contributed by atoms with Crippen molar-refractivity contribution in [2.75, 3.05) is 26.8 Å². The van der Waals surface area contributed by atoms with Crippen molar-refractivity contribution in [3.8, 4) is 0 Å². The number of hydrogen-bond donors (Lipinski definition) is 1. The third-order valence-electron chi connectivity index (χ3n) is 4.51. The molecule has 0 bridgehead atoms. The van der Waals surface area contributed by atoms with Crippen molar-refractivity contribution in [1.82, 2.24) is 14.7 Å². The number of ether oxygens (including phenoxy) is 1. The zero-order valence-electron chi connectivity index (χ0n) is 13.9. The second kappa shape index (κ2) is 8.13. The molecule has 0 aliphatic carbocycles. The first-order valence-electron chi connectivity index (χ1n) is 7.66. The third kappa shape index (κ3) is 3.77. The molecule has 2 N–H and O–H groups in total. The van der Waals surface area contributed by atoms with Gasteiger partial charge in [-0.2, -0.15) is 5.10 Å². The van der Waals surface area contributed by atoms with Gasteiger partial charge in [0.15, 0.2) is 0 Å². The van der Waals surface area contributed by atoms with Crippen LogP contribution in [0.4, 0.5) is 0 Å². The molecule has 2 atom stereocenters. The fourth-order valence-corrected chi connectivity index (χ4v) is 3.18. The predicted molar refractivity (Wildman–Crippen MR) is 87.7 cm³/mol. The van der Waals surface area contributed by atoms with Gasteiger partial charge in [0.05, 0.1) is 36.1 Å². The van der Waals surface area contributed by atoms with E-state index < -0.39 is 0 Å². The van der Waals surface area contributed by atoms with Gasteiger partial charge in [-0.3, -0.25) is 9.58 Å². The lowest BCUT2D eigenvalue weighted by molar-refractivity contribution is 0.0804. The van der Waals surface area contributed by atoms with Crippen molar-refractivity contribution in [2.45, 2.75) is 52.2 Å². The van der Waals surface area contributed by atoms with Gasteiger partial charge < -0.3 is 10.5 Å². The number of halogens is 1. The first-order chi connectivity index (χ1) is 9.96. The smallest absolute Gasteiger partial charge is 0.0834 e. The minimum atomic E-state index is -0.200. The number of nitrogens with zero attached hydrogens (tertiary/aromatic N) is 3. The first-order valence-corrected chi connectivity index (χ1v) is 8.04. The summed E-state index contributed by atoms with van der Waals surface area (Å²) in [5.41, 5.74) is 7.36. The van der Waals surface area contributed by atoms with Crippen molar-refractivity contribution >= 4 is 11.6 Å². The van der Waals surface area contributed by atoms with E-state index in [2.05, 4.69) is 37.7 Å². The highest BCUT2D eigenvalue weighted by atomic mass is 35.5. The lowest BCUT2D eigenvalue weighted by Gasteiger charge is -2.44. The number of hydrogen-bond acceptors (Lipinski definition) is 4. The summed E-state index contributed by atoms with van der Waals surface area (Å²) >= 11 is 6.35. The lowest BCUT2D eigenvalue weighted by atomic mass is 9.85. The van der Waals surface area contributed by atoms with Gasteiger partial charge in [-0.25, -0.2) is 0 Å². The highest BCUT2D eigenvalue weighted by Gasteiger charge is 2.38. The average Bonchev–Trinajstić information content (AvgIpc) is 2.85. The van der Waals surface area contributed by atoms with Crippen LogP contribution in [0.3, 0.4) is 0 Å². The average molecular weight is 317 g/mol. The van der Waals surface area contributed by atoms with Gasteiger partial charge in [0.25, 0.3) is 0 Å². The Morgan fingerprint density at radius 1 is 1.43 bits per heavy atom. The van der Waals surface area contributed by atoms with E-state index >= 15 is 0 Å². The Bertz CT molecular complexity index is 433. The Labute approximate surface area is 133 Å². The van der Waals surface area contributed by atoms with E-state index in [9.17, 15) is 0 Å². The Balaban J connectivity index is 3.15. The molecule has 2 unspecified atom stereocenters. The van der Waals surface area contributed by atoms with Crippen molar-refractivity contribution < 1.29 is 4.74 Å². The molecular weight excluding hydrogens is 288 g/mol. The van der Waals surface area contributed by atoms with Crippen molar-refractivity contribution in [1.29, 1.82) is 0 Å². The van der Waals surface area contributed by atoms with Gasteiger partial charge in [-0.1, -0.05) is 32.4 Å². The molecule has 6 heteroatoms. The second-order valence-electron chi connectivity index (χ2n) is 5.45. The van der Waals surface area contributed by atoms with Crippen LogP contribution < -0.4 is 5.73 Å². The van der Waals surface area contributed by atoms with Gasteiger partial charge in [-0.15, -0.1) is 0 Å².